The normalized spacial score (nSPS) is 11.2. The number of carbonyl (C=O) groups is 1. The third-order valence-electron chi connectivity index (χ3n) is 1.93. The van der Waals surface area contributed by atoms with Crippen LogP contribution >= 0.6 is 0 Å². The average Bonchev–Trinajstić information content (AvgIpc) is 2.25. The first kappa shape index (κ1) is 14.2. The summed E-state index contributed by atoms with van der Waals surface area (Å²) in [5.41, 5.74) is -1.14. The topological polar surface area (TPSA) is 106 Å². The fourth-order valence-electron chi connectivity index (χ4n) is 1.16. The van der Waals surface area contributed by atoms with Crippen LogP contribution in [0.3, 0.4) is 0 Å². The molecular weight excluding hydrogens is 267 g/mol. The van der Waals surface area contributed by atoms with Crippen molar-refractivity contribution in [3.63, 3.8) is 0 Å². The average molecular weight is 276 g/mol. The van der Waals surface area contributed by atoms with Gasteiger partial charge in [-0.15, -0.1) is 0 Å². The summed E-state index contributed by atoms with van der Waals surface area (Å²) < 4.78 is 38.4. The van der Waals surface area contributed by atoms with Gasteiger partial charge < -0.3 is 0 Å². The minimum absolute atomic E-state index is 0.474. The van der Waals surface area contributed by atoms with Crippen LogP contribution in [-0.4, -0.2) is 25.7 Å². The smallest absolute Gasteiger partial charge is 0.299 e. The van der Waals surface area contributed by atoms with E-state index in [0.29, 0.717) is 0 Å². The maximum atomic E-state index is 13.2. The number of carbonyl (C=O) groups excluding carboxylic acids is 1. The summed E-state index contributed by atoms with van der Waals surface area (Å²) in [6, 6.07) is 2.70. The minimum Gasteiger partial charge on any atom is -0.299 e. The van der Waals surface area contributed by atoms with Gasteiger partial charge in [-0.05, 0) is 19.1 Å². The number of rotatable bonds is 5. The first-order valence-electron chi connectivity index (χ1n) is 4.67. The molecule has 0 atom stereocenters. The maximum Gasteiger partial charge on any atom is 0.324 e. The molecule has 18 heavy (non-hydrogen) atoms. The van der Waals surface area contributed by atoms with Gasteiger partial charge in [0, 0.05) is 0 Å². The number of ketones is 1. The Kier molecular flexibility index (Phi) is 4.09. The van der Waals surface area contributed by atoms with Crippen LogP contribution < -0.4 is 4.72 Å². The molecule has 98 valence electrons. The Balaban J connectivity index is 3.28. The Morgan fingerprint density at radius 3 is 2.61 bits per heavy atom. The van der Waals surface area contributed by atoms with Gasteiger partial charge in [-0.3, -0.25) is 14.9 Å². The molecule has 1 rings (SSSR count). The molecule has 0 spiro atoms. The minimum atomic E-state index is -4.31. The molecule has 0 aliphatic carbocycles. The van der Waals surface area contributed by atoms with E-state index in [4.69, 9.17) is 0 Å². The third kappa shape index (κ3) is 3.08. The number of sulfonamides is 1. The standard InChI is InChI=1S/C9H9FN2O5S/c1-6(13)5-11-18(16,17)8-4-2-3-7(10)9(8)12(14)15/h2-4,11H,5H2,1H3. The molecule has 0 aromatic heterocycles. The molecule has 0 radical (unpaired) electrons. The number of nitro benzene ring substituents is 1. The van der Waals surface area contributed by atoms with Gasteiger partial charge in [0.25, 0.3) is 0 Å². The first-order chi connectivity index (χ1) is 8.25. The van der Waals surface area contributed by atoms with Crippen molar-refractivity contribution in [2.24, 2.45) is 0 Å². The summed E-state index contributed by atoms with van der Waals surface area (Å²) in [7, 11) is -4.31. The highest BCUT2D eigenvalue weighted by atomic mass is 32.2. The predicted octanol–water partition coefficient (Wildman–Crippen LogP) is 0.601. The van der Waals surface area contributed by atoms with Crippen molar-refractivity contribution >= 4 is 21.5 Å². The fourth-order valence-corrected chi connectivity index (χ4v) is 2.40. The number of nitrogens with one attached hydrogen (secondary N) is 1. The molecule has 1 aromatic carbocycles. The molecular formula is C9H9FN2O5S. The maximum absolute atomic E-state index is 13.2. The van der Waals surface area contributed by atoms with Gasteiger partial charge >= 0.3 is 5.69 Å². The highest BCUT2D eigenvalue weighted by Gasteiger charge is 2.29. The lowest BCUT2D eigenvalue weighted by atomic mass is 10.3. The van der Waals surface area contributed by atoms with Crippen molar-refractivity contribution in [2.45, 2.75) is 11.8 Å². The largest absolute Gasteiger partial charge is 0.324 e. The number of halogens is 1. The molecule has 0 amide bonds. The summed E-state index contributed by atoms with van der Waals surface area (Å²) >= 11 is 0. The van der Waals surface area contributed by atoms with Crippen LogP contribution in [0.2, 0.25) is 0 Å². The number of nitro groups is 1. The lowest BCUT2D eigenvalue weighted by Crippen LogP contribution is -2.29. The Labute approximate surface area is 102 Å². The quantitative estimate of drug-likeness (QED) is 0.626. The summed E-state index contributed by atoms with van der Waals surface area (Å²) in [6.07, 6.45) is 0. The summed E-state index contributed by atoms with van der Waals surface area (Å²) in [6.45, 7) is 0.624. The monoisotopic (exact) mass is 276 g/mol. The molecule has 0 aliphatic heterocycles. The van der Waals surface area contributed by atoms with Crippen LogP contribution in [0, 0.1) is 15.9 Å². The lowest BCUT2D eigenvalue weighted by molar-refractivity contribution is -0.390. The van der Waals surface area contributed by atoms with Gasteiger partial charge in [0.05, 0.1) is 11.5 Å². The summed E-state index contributed by atoms with van der Waals surface area (Å²) in [5.74, 6) is -1.73. The van der Waals surface area contributed by atoms with Crippen LogP contribution in [0.25, 0.3) is 0 Å². The molecule has 0 heterocycles. The van der Waals surface area contributed by atoms with Gasteiger partial charge in [0.2, 0.25) is 15.8 Å². The first-order valence-corrected chi connectivity index (χ1v) is 6.16. The van der Waals surface area contributed by atoms with E-state index in [1.165, 1.54) is 0 Å². The van der Waals surface area contributed by atoms with E-state index < -0.39 is 43.7 Å². The zero-order valence-electron chi connectivity index (χ0n) is 9.21. The molecule has 0 saturated heterocycles. The molecule has 0 unspecified atom stereocenters. The van der Waals surface area contributed by atoms with Gasteiger partial charge in [0.15, 0.2) is 4.90 Å². The fraction of sp³-hybridized carbons (Fsp3) is 0.222. The zero-order chi connectivity index (χ0) is 13.9. The molecule has 7 nitrogen and oxygen atoms in total. The highest BCUT2D eigenvalue weighted by Crippen LogP contribution is 2.26. The Morgan fingerprint density at radius 1 is 1.50 bits per heavy atom. The lowest BCUT2D eigenvalue weighted by Gasteiger charge is -2.05. The van der Waals surface area contributed by atoms with Crippen LogP contribution in [0.1, 0.15) is 6.92 Å². The number of nitrogens with zero attached hydrogens (tertiary/aromatic N) is 1. The molecule has 0 bridgehead atoms. The highest BCUT2D eigenvalue weighted by molar-refractivity contribution is 7.89. The Bertz CT molecular complexity index is 599. The summed E-state index contributed by atoms with van der Waals surface area (Å²) in [5, 5.41) is 10.6. The van der Waals surface area contributed by atoms with Crippen molar-refractivity contribution in [3.05, 3.63) is 34.1 Å². The number of hydrogen-bond acceptors (Lipinski definition) is 5. The van der Waals surface area contributed by atoms with E-state index in [2.05, 4.69) is 0 Å². The Hall–Kier alpha value is -1.87. The number of para-hydroxylation sites is 1. The molecule has 1 N–H and O–H groups in total. The van der Waals surface area contributed by atoms with E-state index in [9.17, 15) is 27.7 Å². The SMILES string of the molecule is CC(=O)CNS(=O)(=O)c1cccc(F)c1[N+](=O)[O-]. The van der Waals surface area contributed by atoms with Crippen molar-refractivity contribution in [2.75, 3.05) is 6.54 Å². The van der Waals surface area contributed by atoms with E-state index in [0.717, 1.165) is 25.1 Å². The van der Waals surface area contributed by atoms with Gasteiger partial charge in [-0.1, -0.05) is 6.07 Å². The molecule has 0 saturated carbocycles. The number of hydrogen-bond donors (Lipinski definition) is 1. The zero-order valence-corrected chi connectivity index (χ0v) is 10.0. The van der Waals surface area contributed by atoms with Gasteiger partial charge in [-0.25, -0.2) is 13.1 Å². The van der Waals surface area contributed by atoms with Gasteiger partial charge in [0.1, 0.15) is 5.78 Å². The molecule has 1 aromatic rings. The Morgan fingerprint density at radius 2 is 2.11 bits per heavy atom. The summed E-state index contributed by atoms with van der Waals surface area (Å²) in [4.78, 5) is 19.4. The van der Waals surface area contributed by atoms with Crippen molar-refractivity contribution in [1.82, 2.24) is 4.72 Å². The van der Waals surface area contributed by atoms with E-state index >= 15 is 0 Å². The second-order valence-corrected chi connectivity index (χ2v) is 5.11. The second-order valence-electron chi connectivity index (χ2n) is 3.37. The van der Waals surface area contributed by atoms with E-state index in [-0.39, 0.29) is 0 Å². The van der Waals surface area contributed by atoms with Crippen LogP contribution in [0.15, 0.2) is 23.1 Å². The number of benzene rings is 1. The molecule has 9 heteroatoms. The third-order valence-corrected chi connectivity index (χ3v) is 3.37. The predicted molar refractivity (Wildman–Crippen MR) is 58.9 cm³/mol. The van der Waals surface area contributed by atoms with Crippen LogP contribution in [0.4, 0.5) is 10.1 Å². The van der Waals surface area contributed by atoms with E-state index in [1.54, 1.807) is 0 Å². The molecule has 0 aliphatic rings. The molecule has 0 fully saturated rings. The van der Waals surface area contributed by atoms with Crippen molar-refractivity contribution in [3.8, 4) is 0 Å². The van der Waals surface area contributed by atoms with Crippen LogP contribution in [0.5, 0.6) is 0 Å². The van der Waals surface area contributed by atoms with Crippen LogP contribution in [-0.2, 0) is 14.8 Å². The second kappa shape index (κ2) is 5.19. The van der Waals surface area contributed by atoms with E-state index in [1.807, 2.05) is 4.72 Å². The van der Waals surface area contributed by atoms with Gasteiger partial charge in [-0.2, -0.15) is 4.39 Å². The van der Waals surface area contributed by atoms with Crippen molar-refractivity contribution in [1.29, 1.82) is 0 Å². The van der Waals surface area contributed by atoms with Crippen molar-refractivity contribution < 1.29 is 22.5 Å². The number of Topliss-reactive ketones (excluding diaryl/α,β-unsaturated/α-hetero) is 1.